The van der Waals surface area contributed by atoms with Crippen molar-refractivity contribution in [3.8, 4) is 0 Å². The SMILES string of the molecule is CC(Cc1ccc(F)cc1)NCc1ccccc1. The highest BCUT2D eigenvalue weighted by atomic mass is 19.1. The lowest BCUT2D eigenvalue weighted by Crippen LogP contribution is -2.27. The molecule has 0 aliphatic heterocycles. The lowest BCUT2D eigenvalue weighted by molar-refractivity contribution is 0.544. The van der Waals surface area contributed by atoms with E-state index in [4.69, 9.17) is 0 Å². The van der Waals surface area contributed by atoms with Crippen LogP contribution in [-0.2, 0) is 13.0 Å². The smallest absolute Gasteiger partial charge is 0.123 e. The van der Waals surface area contributed by atoms with E-state index in [1.54, 1.807) is 0 Å². The van der Waals surface area contributed by atoms with Gasteiger partial charge in [-0.15, -0.1) is 0 Å². The number of rotatable bonds is 5. The van der Waals surface area contributed by atoms with Crippen LogP contribution in [0.15, 0.2) is 54.6 Å². The Morgan fingerprint density at radius 2 is 1.61 bits per heavy atom. The molecule has 0 spiro atoms. The van der Waals surface area contributed by atoms with Crippen molar-refractivity contribution in [2.75, 3.05) is 0 Å². The van der Waals surface area contributed by atoms with Gasteiger partial charge in [0.05, 0.1) is 0 Å². The zero-order valence-corrected chi connectivity index (χ0v) is 10.6. The molecule has 0 bridgehead atoms. The number of hydrogen-bond acceptors (Lipinski definition) is 1. The largest absolute Gasteiger partial charge is 0.310 e. The molecule has 2 aromatic carbocycles. The molecule has 1 atom stereocenters. The summed E-state index contributed by atoms with van der Waals surface area (Å²) in [5.74, 6) is -0.177. The van der Waals surface area contributed by atoms with Crippen molar-refractivity contribution in [2.24, 2.45) is 0 Å². The first-order chi connectivity index (χ1) is 8.74. The minimum atomic E-state index is -0.177. The third kappa shape index (κ3) is 3.97. The summed E-state index contributed by atoms with van der Waals surface area (Å²) in [6, 6.07) is 17.4. The van der Waals surface area contributed by atoms with Gasteiger partial charge in [0.15, 0.2) is 0 Å². The van der Waals surface area contributed by atoms with Crippen molar-refractivity contribution in [3.05, 3.63) is 71.5 Å². The molecule has 1 unspecified atom stereocenters. The Morgan fingerprint density at radius 3 is 2.28 bits per heavy atom. The fourth-order valence-electron chi connectivity index (χ4n) is 1.93. The first kappa shape index (κ1) is 12.8. The van der Waals surface area contributed by atoms with Crippen LogP contribution in [0.2, 0.25) is 0 Å². The van der Waals surface area contributed by atoms with Gasteiger partial charge in [-0.2, -0.15) is 0 Å². The Balaban J connectivity index is 1.82. The van der Waals surface area contributed by atoms with Crippen molar-refractivity contribution in [1.82, 2.24) is 5.32 Å². The van der Waals surface area contributed by atoms with Crippen LogP contribution in [0.5, 0.6) is 0 Å². The molecule has 1 N–H and O–H groups in total. The molecular formula is C16H18FN. The molecule has 0 heterocycles. The van der Waals surface area contributed by atoms with Crippen molar-refractivity contribution >= 4 is 0 Å². The normalized spacial score (nSPS) is 12.3. The van der Waals surface area contributed by atoms with E-state index in [1.165, 1.54) is 17.7 Å². The Labute approximate surface area is 108 Å². The highest BCUT2D eigenvalue weighted by molar-refractivity contribution is 5.17. The highest BCUT2D eigenvalue weighted by Crippen LogP contribution is 2.06. The summed E-state index contributed by atoms with van der Waals surface area (Å²) in [6.45, 7) is 3.01. The van der Waals surface area contributed by atoms with Gasteiger partial charge in [0, 0.05) is 12.6 Å². The summed E-state index contributed by atoms with van der Waals surface area (Å²) >= 11 is 0. The van der Waals surface area contributed by atoms with Crippen LogP contribution in [-0.4, -0.2) is 6.04 Å². The predicted molar refractivity (Wildman–Crippen MR) is 72.8 cm³/mol. The molecular weight excluding hydrogens is 225 g/mol. The van der Waals surface area contributed by atoms with E-state index in [2.05, 4.69) is 24.4 Å². The molecule has 0 fully saturated rings. The van der Waals surface area contributed by atoms with Crippen LogP contribution in [0, 0.1) is 5.82 Å². The van der Waals surface area contributed by atoms with Crippen molar-refractivity contribution in [3.63, 3.8) is 0 Å². The first-order valence-corrected chi connectivity index (χ1v) is 6.26. The van der Waals surface area contributed by atoms with E-state index in [9.17, 15) is 4.39 Å². The molecule has 0 radical (unpaired) electrons. The maximum atomic E-state index is 12.8. The van der Waals surface area contributed by atoms with Gasteiger partial charge in [0.2, 0.25) is 0 Å². The van der Waals surface area contributed by atoms with Crippen LogP contribution in [0.1, 0.15) is 18.1 Å². The molecule has 0 saturated heterocycles. The van der Waals surface area contributed by atoms with E-state index in [1.807, 2.05) is 30.3 Å². The molecule has 0 aromatic heterocycles. The van der Waals surface area contributed by atoms with Gasteiger partial charge in [-0.05, 0) is 36.6 Å². The van der Waals surface area contributed by atoms with Gasteiger partial charge in [-0.3, -0.25) is 0 Å². The maximum Gasteiger partial charge on any atom is 0.123 e. The Bertz CT molecular complexity index is 464. The summed E-state index contributed by atoms with van der Waals surface area (Å²) in [4.78, 5) is 0. The second-order valence-electron chi connectivity index (χ2n) is 4.60. The molecule has 0 saturated carbocycles. The molecule has 2 rings (SSSR count). The Kier molecular flexibility index (Phi) is 4.48. The number of benzene rings is 2. The van der Waals surface area contributed by atoms with Crippen molar-refractivity contribution in [2.45, 2.75) is 25.9 Å². The molecule has 0 aliphatic rings. The Hall–Kier alpha value is -1.67. The number of nitrogens with one attached hydrogen (secondary N) is 1. The highest BCUT2D eigenvalue weighted by Gasteiger charge is 2.03. The molecule has 2 aromatic rings. The van der Waals surface area contributed by atoms with Crippen LogP contribution in [0.4, 0.5) is 4.39 Å². The summed E-state index contributed by atoms with van der Waals surface area (Å²) in [7, 11) is 0. The molecule has 2 heteroatoms. The zero-order chi connectivity index (χ0) is 12.8. The van der Waals surface area contributed by atoms with E-state index in [0.29, 0.717) is 6.04 Å². The van der Waals surface area contributed by atoms with E-state index >= 15 is 0 Å². The van der Waals surface area contributed by atoms with Gasteiger partial charge >= 0.3 is 0 Å². The Morgan fingerprint density at radius 1 is 0.944 bits per heavy atom. The zero-order valence-electron chi connectivity index (χ0n) is 10.6. The summed E-state index contributed by atoms with van der Waals surface area (Å²) in [5, 5.41) is 3.47. The van der Waals surface area contributed by atoms with Gasteiger partial charge < -0.3 is 5.32 Å². The fourth-order valence-corrected chi connectivity index (χ4v) is 1.93. The number of hydrogen-bond donors (Lipinski definition) is 1. The first-order valence-electron chi connectivity index (χ1n) is 6.26. The molecule has 0 aliphatic carbocycles. The average molecular weight is 243 g/mol. The van der Waals surface area contributed by atoms with Crippen LogP contribution in [0.3, 0.4) is 0 Å². The average Bonchev–Trinajstić information content (AvgIpc) is 2.40. The minimum absolute atomic E-state index is 0.177. The van der Waals surface area contributed by atoms with Gasteiger partial charge in [0.1, 0.15) is 5.82 Å². The standard InChI is InChI=1S/C16H18FN/c1-13(11-14-7-9-16(17)10-8-14)18-12-15-5-3-2-4-6-15/h2-10,13,18H,11-12H2,1H3. The lowest BCUT2D eigenvalue weighted by atomic mass is 10.1. The molecule has 1 nitrogen and oxygen atoms in total. The van der Waals surface area contributed by atoms with Crippen molar-refractivity contribution < 1.29 is 4.39 Å². The third-order valence-corrected chi connectivity index (χ3v) is 2.95. The maximum absolute atomic E-state index is 12.8. The second-order valence-corrected chi connectivity index (χ2v) is 4.60. The third-order valence-electron chi connectivity index (χ3n) is 2.95. The number of halogens is 1. The molecule has 94 valence electrons. The van der Waals surface area contributed by atoms with Gasteiger partial charge in [-0.25, -0.2) is 4.39 Å². The van der Waals surface area contributed by atoms with Crippen molar-refractivity contribution in [1.29, 1.82) is 0 Å². The van der Waals surface area contributed by atoms with Crippen LogP contribution >= 0.6 is 0 Å². The predicted octanol–water partition coefficient (Wildman–Crippen LogP) is 3.55. The monoisotopic (exact) mass is 243 g/mol. The molecule has 0 amide bonds. The molecule has 18 heavy (non-hydrogen) atoms. The topological polar surface area (TPSA) is 12.0 Å². The van der Waals surface area contributed by atoms with Crippen LogP contribution < -0.4 is 5.32 Å². The quantitative estimate of drug-likeness (QED) is 0.847. The van der Waals surface area contributed by atoms with E-state index < -0.39 is 0 Å². The van der Waals surface area contributed by atoms with Gasteiger partial charge in [-0.1, -0.05) is 42.5 Å². The van der Waals surface area contributed by atoms with Crippen LogP contribution in [0.25, 0.3) is 0 Å². The van der Waals surface area contributed by atoms with E-state index in [0.717, 1.165) is 18.5 Å². The summed E-state index contributed by atoms with van der Waals surface area (Å²) < 4.78 is 12.8. The summed E-state index contributed by atoms with van der Waals surface area (Å²) in [6.07, 6.45) is 0.910. The minimum Gasteiger partial charge on any atom is -0.310 e. The van der Waals surface area contributed by atoms with E-state index in [-0.39, 0.29) is 5.82 Å². The van der Waals surface area contributed by atoms with Gasteiger partial charge in [0.25, 0.3) is 0 Å². The lowest BCUT2D eigenvalue weighted by Gasteiger charge is -2.14. The summed E-state index contributed by atoms with van der Waals surface area (Å²) in [5.41, 5.74) is 2.44. The fraction of sp³-hybridized carbons (Fsp3) is 0.250. The second kappa shape index (κ2) is 6.31.